The molecular formula is C24H19BrN6O. The Labute approximate surface area is 193 Å². The summed E-state index contributed by atoms with van der Waals surface area (Å²) in [6, 6.07) is 20.6. The monoisotopic (exact) mass is 486 g/mol. The van der Waals surface area contributed by atoms with Gasteiger partial charge in [-0.1, -0.05) is 46.3 Å². The minimum absolute atomic E-state index is 0.199. The smallest absolute Gasteiger partial charge is 0.255 e. The zero-order valence-electron chi connectivity index (χ0n) is 17.2. The molecule has 0 saturated heterocycles. The van der Waals surface area contributed by atoms with Crippen LogP contribution in [0.3, 0.4) is 0 Å². The first-order valence-corrected chi connectivity index (χ1v) is 10.9. The number of pyridine rings is 1. The fourth-order valence-electron chi connectivity index (χ4n) is 3.77. The van der Waals surface area contributed by atoms with Crippen LogP contribution < -0.4 is 10.6 Å². The van der Waals surface area contributed by atoms with Crippen molar-refractivity contribution >= 4 is 33.5 Å². The second-order valence-corrected chi connectivity index (χ2v) is 8.30. The molecule has 8 heteroatoms. The number of anilines is 2. The summed E-state index contributed by atoms with van der Waals surface area (Å²) >= 11 is 3.55. The van der Waals surface area contributed by atoms with E-state index in [1.165, 1.54) is 0 Å². The van der Waals surface area contributed by atoms with Crippen LogP contribution >= 0.6 is 15.9 Å². The molecule has 1 aliphatic heterocycles. The molecule has 1 amide bonds. The molecule has 0 spiro atoms. The molecule has 2 N–H and O–H groups in total. The molecule has 0 aliphatic carbocycles. The van der Waals surface area contributed by atoms with E-state index in [1.807, 2.05) is 73.7 Å². The average molecular weight is 487 g/mol. The van der Waals surface area contributed by atoms with E-state index in [0.29, 0.717) is 17.3 Å². The summed E-state index contributed by atoms with van der Waals surface area (Å²) in [4.78, 5) is 22.3. The quantitative estimate of drug-likeness (QED) is 0.422. The van der Waals surface area contributed by atoms with Gasteiger partial charge in [0.2, 0.25) is 5.95 Å². The molecule has 1 aliphatic rings. The first kappa shape index (κ1) is 20.1. The SMILES string of the molecule is CC1=C(C(=O)Nc2ccccc2)[C@H](c2cccc(Br)c2)n2nc(-c3cccnc3)nc2N1. The number of allylic oxidation sites excluding steroid dienone is 1. The molecule has 0 unspecified atom stereocenters. The van der Waals surface area contributed by atoms with Crippen LogP contribution in [0.5, 0.6) is 0 Å². The van der Waals surface area contributed by atoms with Gasteiger partial charge in [-0.05, 0) is 48.9 Å². The van der Waals surface area contributed by atoms with Gasteiger partial charge in [-0.3, -0.25) is 9.78 Å². The number of hydrogen-bond acceptors (Lipinski definition) is 5. The Hall–Kier alpha value is -3.78. The van der Waals surface area contributed by atoms with Crippen LogP contribution in [-0.4, -0.2) is 25.7 Å². The summed E-state index contributed by atoms with van der Waals surface area (Å²) in [5, 5.41) is 11.0. The largest absolute Gasteiger partial charge is 0.328 e. The molecule has 0 bridgehead atoms. The number of nitrogens with zero attached hydrogens (tertiary/aromatic N) is 4. The van der Waals surface area contributed by atoms with E-state index in [2.05, 4.69) is 36.5 Å². The highest BCUT2D eigenvalue weighted by atomic mass is 79.9. The number of benzene rings is 2. The van der Waals surface area contributed by atoms with E-state index >= 15 is 0 Å². The molecule has 5 rings (SSSR count). The predicted octanol–water partition coefficient (Wildman–Crippen LogP) is 5.03. The minimum Gasteiger partial charge on any atom is -0.328 e. The number of amides is 1. The van der Waals surface area contributed by atoms with E-state index in [4.69, 9.17) is 5.10 Å². The topological polar surface area (TPSA) is 84.7 Å². The number of carbonyl (C=O) groups is 1. The van der Waals surface area contributed by atoms with Crippen molar-refractivity contribution in [3.05, 3.63) is 100 Å². The second-order valence-electron chi connectivity index (χ2n) is 7.39. The lowest BCUT2D eigenvalue weighted by atomic mass is 9.95. The zero-order chi connectivity index (χ0) is 22.1. The molecule has 0 radical (unpaired) electrons. The fraction of sp³-hybridized carbons (Fsp3) is 0.0833. The van der Waals surface area contributed by atoms with Crippen molar-refractivity contribution in [1.29, 1.82) is 0 Å². The standard InChI is InChI=1S/C24H19BrN6O/c1-15-20(23(32)28-19-10-3-2-4-11-19)21(16-7-5-9-18(25)13-16)31-24(27-15)29-22(30-31)17-8-6-12-26-14-17/h2-14,21H,1H3,(H,28,32)(H,27,29,30)/t21-/m0/s1. The van der Waals surface area contributed by atoms with E-state index in [1.54, 1.807) is 17.1 Å². The number of rotatable bonds is 4. The molecule has 32 heavy (non-hydrogen) atoms. The molecular weight excluding hydrogens is 468 g/mol. The number of fused-ring (bicyclic) bond motifs is 1. The Morgan fingerprint density at radius 2 is 1.94 bits per heavy atom. The summed E-state index contributed by atoms with van der Waals surface area (Å²) in [7, 11) is 0. The molecule has 3 heterocycles. The third kappa shape index (κ3) is 3.80. The number of carbonyl (C=O) groups excluding carboxylic acids is 1. The first-order chi connectivity index (χ1) is 15.6. The van der Waals surface area contributed by atoms with Crippen LogP contribution in [0.25, 0.3) is 11.4 Å². The van der Waals surface area contributed by atoms with Gasteiger partial charge in [0.25, 0.3) is 5.91 Å². The summed E-state index contributed by atoms with van der Waals surface area (Å²) in [5.74, 6) is 0.913. The van der Waals surface area contributed by atoms with Crippen molar-refractivity contribution in [2.45, 2.75) is 13.0 Å². The van der Waals surface area contributed by atoms with Crippen LogP contribution in [0.15, 0.2) is 94.9 Å². The van der Waals surface area contributed by atoms with Gasteiger partial charge >= 0.3 is 0 Å². The number of hydrogen-bond donors (Lipinski definition) is 2. The third-order valence-corrected chi connectivity index (χ3v) is 5.71. The molecule has 7 nitrogen and oxygen atoms in total. The minimum atomic E-state index is -0.453. The highest BCUT2D eigenvalue weighted by molar-refractivity contribution is 9.10. The van der Waals surface area contributed by atoms with E-state index in [9.17, 15) is 4.79 Å². The molecule has 4 aromatic rings. The zero-order valence-corrected chi connectivity index (χ0v) is 18.7. The Kier molecular flexibility index (Phi) is 5.28. The molecule has 0 saturated carbocycles. The normalized spacial score (nSPS) is 15.1. The van der Waals surface area contributed by atoms with Crippen molar-refractivity contribution in [3.63, 3.8) is 0 Å². The van der Waals surface area contributed by atoms with Crippen molar-refractivity contribution in [3.8, 4) is 11.4 Å². The number of nitrogens with one attached hydrogen (secondary N) is 2. The maximum Gasteiger partial charge on any atom is 0.255 e. The first-order valence-electron chi connectivity index (χ1n) is 10.1. The number of para-hydroxylation sites is 1. The van der Waals surface area contributed by atoms with Gasteiger partial charge < -0.3 is 10.6 Å². The van der Waals surface area contributed by atoms with Crippen molar-refractivity contribution in [2.75, 3.05) is 10.6 Å². The number of halogens is 1. The van der Waals surface area contributed by atoms with E-state index in [-0.39, 0.29) is 5.91 Å². The van der Waals surface area contributed by atoms with Gasteiger partial charge in [0.15, 0.2) is 5.82 Å². The summed E-state index contributed by atoms with van der Waals surface area (Å²) < 4.78 is 2.68. The maximum absolute atomic E-state index is 13.4. The molecule has 0 fully saturated rings. The lowest BCUT2D eigenvalue weighted by molar-refractivity contribution is -0.113. The van der Waals surface area contributed by atoms with Gasteiger partial charge in [-0.15, -0.1) is 5.10 Å². The lowest BCUT2D eigenvalue weighted by Gasteiger charge is -2.28. The summed E-state index contributed by atoms with van der Waals surface area (Å²) in [6.07, 6.45) is 3.43. The fourth-order valence-corrected chi connectivity index (χ4v) is 4.18. The molecule has 1 atom stereocenters. The maximum atomic E-state index is 13.4. The molecule has 158 valence electrons. The highest BCUT2D eigenvalue weighted by Crippen LogP contribution is 2.37. The highest BCUT2D eigenvalue weighted by Gasteiger charge is 2.34. The number of aromatic nitrogens is 4. The van der Waals surface area contributed by atoms with Crippen LogP contribution in [0.2, 0.25) is 0 Å². The van der Waals surface area contributed by atoms with Crippen molar-refractivity contribution < 1.29 is 4.79 Å². The van der Waals surface area contributed by atoms with Crippen LogP contribution in [0.4, 0.5) is 11.6 Å². The Balaban J connectivity index is 1.62. The molecule has 2 aromatic heterocycles. The van der Waals surface area contributed by atoms with Crippen LogP contribution in [0.1, 0.15) is 18.5 Å². The van der Waals surface area contributed by atoms with Gasteiger partial charge in [-0.25, -0.2) is 4.68 Å². The summed E-state index contributed by atoms with van der Waals surface area (Å²) in [6.45, 7) is 1.88. The van der Waals surface area contributed by atoms with Crippen LogP contribution in [0, 0.1) is 0 Å². The lowest BCUT2D eigenvalue weighted by Crippen LogP contribution is -2.31. The van der Waals surface area contributed by atoms with Crippen molar-refractivity contribution in [2.24, 2.45) is 0 Å². The summed E-state index contributed by atoms with van der Waals surface area (Å²) in [5.41, 5.74) is 3.74. The van der Waals surface area contributed by atoms with Crippen LogP contribution in [-0.2, 0) is 4.79 Å². The Bertz CT molecular complexity index is 1320. The molecule has 2 aromatic carbocycles. The van der Waals surface area contributed by atoms with Gasteiger partial charge in [0.05, 0.1) is 5.57 Å². The van der Waals surface area contributed by atoms with E-state index in [0.717, 1.165) is 27.0 Å². The third-order valence-electron chi connectivity index (χ3n) is 5.21. The van der Waals surface area contributed by atoms with Gasteiger partial charge in [0, 0.05) is 33.8 Å². The second kappa shape index (κ2) is 8.39. The predicted molar refractivity (Wildman–Crippen MR) is 127 cm³/mol. The van der Waals surface area contributed by atoms with E-state index < -0.39 is 6.04 Å². The Morgan fingerprint density at radius 1 is 1.09 bits per heavy atom. The van der Waals surface area contributed by atoms with Gasteiger partial charge in [0.1, 0.15) is 6.04 Å². The average Bonchev–Trinajstić information content (AvgIpc) is 3.23. The Morgan fingerprint density at radius 3 is 2.69 bits per heavy atom. The van der Waals surface area contributed by atoms with Crippen molar-refractivity contribution in [1.82, 2.24) is 19.7 Å². The van der Waals surface area contributed by atoms with Gasteiger partial charge in [-0.2, -0.15) is 4.98 Å².